The molecule has 0 spiro atoms. The van der Waals surface area contributed by atoms with Gasteiger partial charge in [-0.2, -0.15) is 0 Å². The van der Waals surface area contributed by atoms with Crippen LogP contribution < -0.4 is 15.0 Å². The van der Waals surface area contributed by atoms with Crippen molar-refractivity contribution in [3.05, 3.63) is 77.2 Å². The molecule has 2 aromatic carbocycles. The summed E-state index contributed by atoms with van der Waals surface area (Å²) >= 11 is 0. The zero-order valence-electron chi connectivity index (χ0n) is 21.2. The standard InChI is InChI=1S/C29H30N6O2/c1-19-13-23(22-5-6-26(37-2)31-16-22)15-25-27(19)32-18-33-28(25)35-10-7-20-3-4-21(14-24(20)17-35)29(36)34-11-8-30-9-12-34/h3-6,13-16,18,30H,7-12,17H2,1-2H3. The van der Waals surface area contributed by atoms with E-state index in [1.807, 2.05) is 29.3 Å². The number of fused-ring (bicyclic) bond motifs is 2. The summed E-state index contributed by atoms with van der Waals surface area (Å²) in [5, 5.41) is 4.33. The lowest BCUT2D eigenvalue weighted by Gasteiger charge is -2.32. The highest BCUT2D eigenvalue weighted by atomic mass is 16.5. The third-order valence-corrected chi connectivity index (χ3v) is 7.36. The molecule has 0 aliphatic carbocycles. The fourth-order valence-electron chi connectivity index (χ4n) is 5.34. The topological polar surface area (TPSA) is 83.5 Å². The van der Waals surface area contributed by atoms with Crippen molar-refractivity contribution < 1.29 is 9.53 Å². The average Bonchev–Trinajstić information content (AvgIpc) is 2.96. The molecule has 1 N–H and O–H groups in total. The minimum Gasteiger partial charge on any atom is -0.481 e. The van der Waals surface area contributed by atoms with Crippen molar-refractivity contribution in [2.45, 2.75) is 19.9 Å². The van der Waals surface area contributed by atoms with E-state index in [0.717, 1.165) is 78.1 Å². The zero-order valence-corrected chi connectivity index (χ0v) is 21.2. The first kappa shape index (κ1) is 23.4. The number of rotatable bonds is 4. The van der Waals surface area contributed by atoms with E-state index < -0.39 is 0 Å². The van der Waals surface area contributed by atoms with Crippen LogP contribution in [-0.4, -0.2) is 65.6 Å². The SMILES string of the molecule is COc1ccc(-c2cc(C)c3ncnc(N4CCc5ccc(C(=O)N6CCNCC6)cc5C4)c3c2)cn1. The van der Waals surface area contributed by atoms with Crippen LogP contribution in [0.25, 0.3) is 22.0 Å². The maximum Gasteiger partial charge on any atom is 0.253 e. The number of carbonyl (C=O) groups excluding carboxylic acids is 1. The second-order valence-corrected chi connectivity index (χ2v) is 9.67. The van der Waals surface area contributed by atoms with E-state index in [2.05, 4.69) is 51.4 Å². The zero-order chi connectivity index (χ0) is 25.4. The van der Waals surface area contributed by atoms with E-state index in [0.29, 0.717) is 12.4 Å². The summed E-state index contributed by atoms with van der Waals surface area (Å²) < 4.78 is 5.22. The van der Waals surface area contributed by atoms with Gasteiger partial charge >= 0.3 is 0 Å². The number of piperazine rings is 1. The number of amides is 1. The largest absolute Gasteiger partial charge is 0.481 e. The summed E-state index contributed by atoms with van der Waals surface area (Å²) in [5.41, 5.74) is 7.37. The van der Waals surface area contributed by atoms with E-state index in [1.54, 1.807) is 13.4 Å². The number of methoxy groups -OCH3 is 1. The van der Waals surface area contributed by atoms with Crippen molar-refractivity contribution in [3.8, 4) is 17.0 Å². The molecule has 188 valence electrons. The number of anilines is 1. The lowest BCUT2D eigenvalue weighted by Crippen LogP contribution is -2.46. The number of hydrogen-bond acceptors (Lipinski definition) is 7. The van der Waals surface area contributed by atoms with E-state index in [1.165, 1.54) is 11.1 Å². The molecule has 0 radical (unpaired) electrons. The van der Waals surface area contributed by atoms with E-state index in [4.69, 9.17) is 9.72 Å². The van der Waals surface area contributed by atoms with Gasteiger partial charge in [-0.05, 0) is 65.9 Å². The monoisotopic (exact) mass is 494 g/mol. The number of nitrogens with zero attached hydrogens (tertiary/aromatic N) is 5. The van der Waals surface area contributed by atoms with Crippen molar-refractivity contribution in [1.82, 2.24) is 25.2 Å². The lowest BCUT2D eigenvalue weighted by atomic mass is 9.96. The molecule has 2 aromatic heterocycles. The van der Waals surface area contributed by atoms with Gasteiger partial charge in [-0.25, -0.2) is 15.0 Å². The summed E-state index contributed by atoms with van der Waals surface area (Å²) in [6, 6.07) is 14.4. The van der Waals surface area contributed by atoms with Gasteiger partial charge < -0.3 is 19.9 Å². The van der Waals surface area contributed by atoms with Crippen molar-refractivity contribution in [2.75, 3.05) is 44.7 Å². The van der Waals surface area contributed by atoms with Gasteiger partial charge in [0.25, 0.3) is 5.91 Å². The van der Waals surface area contributed by atoms with E-state index in [9.17, 15) is 4.79 Å². The molecule has 0 atom stereocenters. The fraction of sp³-hybridized carbons (Fsp3) is 0.310. The van der Waals surface area contributed by atoms with Gasteiger partial charge in [0.2, 0.25) is 5.88 Å². The van der Waals surface area contributed by atoms with Crippen LogP contribution >= 0.6 is 0 Å². The Morgan fingerprint density at radius 2 is 1.81 bits per heavy atom. The second kappa shape index (κ2) is 9.78. The van der Waals surface area contributed by atoms with Gasteiger partial charge in [0.05, 0.1) is 12.6 Å². The molecule has 2 aliphatic rings. The molecule has 1 saturated heterocycles. The summed E-state index contributed by atoms with van der Waals surface area (Å²) in [5.74, 6) is 1.62. The van der Waals surface area contributed by atoms with Crippen LogP contribution in [0.2, 0.25) is 0 Å². The Morgan fingerprint density at radius 1 is 0.946 bits per heavy atom. The molecule has 8 nitrogen and oxygen atoms in total. The van der Waals surface area contributed by atoms with Crippen molar-refractivity contribution in [3.63, 3.8) is 0 Å². The van der Waals surface area contributed by atoms with Crippen LogP contribution in [0.15, 0.2) is 55.0 Å². The quantitative estimate of drug-likeness (QED) is 0.464. The van der Waals surface area contributed by atoms with Crippen LogP contribution in [0.5, 0.6) is 5.88 Å². The summed E-state index contributed by atoms with van der Waals surface area (Å²) in [6.07, 6.45) is 4.39. The first-order chi connectivity index (χ1) is 18.1. The Labute approximate surface area is 216 Å². The van der Waals surface area contributed by atoms with Gasteiger partial charge in [-0.15, -0.1) is 0 Å². The second-order valence-electron chi connectivity index (χ2n) is 9.67. The van der Waals surface area contributed by atoms with E-state index in [-0.39, 0.29) is 5.91 Å². The molecule has 6 rings (SSSR count). The lowest BCUT2D eigenvalue weighted by molar-refractivity contribution is 0.0735. The maximum absolute atomic E-state index is 13.1. The van der Waals surface area contributed by atoms with Crippen molar-refractivity contribution >= 4 is 22.6 Å². The molecule has 1 fully saturated rings. The highest BCUT2D eigenvalue weighted by Crippen LogP contribution is 2.33. The number of benzene rings is 2. The molecule has 8 heteroatoms. The maximum atomic E-state index is 13.1. The average molecular weight is 495 g/mol. The molecule has 4 heterocycles. The number of hydrogen-bond donors (Lipinski definition) is 1. The molecule has 0 saturated carbocycles. The molecular formula is C29H30N6O2. The summed E-state index contributed by atoms with van der Waals surface area (Å²) in [7, 11) is 1.62. The van der Waals surface area contributed by atoms with E-state index >= 15 is 0 Å². The molecule has 37 heavy (non-hydrogen) atoms. The molecule has 4 aromatic rings. The van der Waals surface area contributed by atoms with Gasteiger partial charge in [0, 0.05) is 68.0 Å². The van der Waals surface area contributed by atoms with Crippen LogP contribution in [0.4, 0.5) is 5.82 Å². The fourth-order valence-corrected chi connectivity index (χ4v) is 5.34. The summed E-state index contributed by atoms with van der Waals surface area (Å²) in [4.78, 5) is 31.1. The van der Waals surface area contributed by atoms with Crippen LogP contribution in [0, 0.1) is 6.92 Å². The molecule has 0 bridgehead atoms. The van der Waals surface area contributed by atoms with Gasteiger partial charge in [0.1, 0.15) is 12.1 Å². The molecule has 0 unspecified atom stereocenters. The normalized spacial score (nSPS) is 15.5. The molecule has 2 aliphatic heterocycles. The number of ether oxygens (including phenoxy) is 1. The highest BCUT2D eigenvalue weighted by molar-refractivity contribution is 5.96. The number of pyridine rings is 1. The number of nitrogens with one attached hydrogen (secondary N) is 1. The molecule has 1 amide bonds. The first-order valence-electron chi connectivity index (χ1n) is 12.7. The Hall–Kier alpha value is -4.04. The first-order valence-corrected chi connectivity index (χ1v) is 12.7. The van der Waals surface area contributed by atoms with Crippen molar-refractivity contribution in [2.24, 2.45) is 0 Å². The molecular weight excluding hydrogens is 464 g/mol. The Bertz CT molecular complexity index is 1460. The number of aromatic nitrogens is 3. The summed E-state index contributed by atoms with van der Waals surface area (Å²) in [6.45, 7) is 6.84. The van der Waals surface area contributed by atoms with Gasteiger partial charge in [-0.1, -0.05) is 6.07 Å². The smallest absolute Gasteiger partial charge is 0.253 e. The Kier molecular flexibility index (Phi) is 6.18. The highest BCUT2D eigenvalue weighted by Gasteiger charge is 2.23. The predicted octanol–water partition coefficient (Wildman–Crippen LogP) is 3.62. The van der Waals surface area contributed by atoms with Crippen LogP contribution in [0.1, 0.15) is 27.0 Å². The van der Waals surface area contributed by atoms with Gasteiger partial charge in [0.15, 0.2) is 0 Å². The number of aryl methyl sites for hydroxylation is 1. The van der Waals surface area contributed by atoms with Crippen LogP contribution in [-0.2, 0) is 13.0 Å². The minimum absolute atomic E-state index is 0.113. The minimum atomic E-state index is 0.113. The van der Waals surface area contributed by atoms with Gasteiger partial charge in [-0.3, -0.25) is 4.79 Å². The third kappa shape index (κ3) is 4.49. The number of carbonyl (C=O) groups is 1. The predicted molar refractivity (Wildman–Crippen MR) is 144 cm³/mol. The Morgan fingerprint density at radius 3 is 2.59 bits per heavy atom. The Balaban J connectivity index is 1.33. The van der Waals surface area contributed by atoms with Crippen molar-refractivity contribution in [1.29, 1.82) is 0 Å². The van der Waals surface area contributed by atoms with Crippen LogP contribution in [0.3, 0.4) is 0 Å². The third-order valence-electron chi connectivity index (χ3n) is 7.36.